The Bertz CT molecular complexity index is 390. The average Bonchev–Trinajstić information content (AvgIpc) is 2.55. The molecule has 148 valence electrons. The van der Waals surface area contributed by atoms with Crippen molar-refractivity contribution in [2.45, 2.75) is 52.0 Å². The Hall–Kier alpha value is -0.0800. The monoisotopic (exact) mass is 465 g/mol. The normalized spacial score (nSPS) is 29.1. The van der Waals surface area contributed by atoms with E-state index in [4.69, 9.17) is 4.99 Å². The number of guanidine groups is 1. The molecule has 25 heavy (non-hydrogen) atoms. The fourth-order valence-electron chi connectivity index (χ4n) is 4.05. The number of rotatable bonds is 6. The van der Waals surface area contributed by atoms with Gasteiger partial charge >= 0.3 is 0 Å². The Balaban J connectivity index is 0.00000312. The highest BCUT2D eigenvalue weighted by Gasteiger charge is 2.22. The maximum absolute atomic E-state index is 4.85. The summed E-state index contributed by atoms with van der Waals surface area (Å²) >= 11 is 0. The molecule has 1 aliphatic heterocycles. The molecule has 5 nitrogen and oxygen atoms in total. The molecule has 0 aromatic carbocycles. The summed E-state index contributed by atoms with van der Waals surface area (Å²) in [6.45, 7) is 10.8. The summed E-state index contributed by atoms with van der Waals surface area (Å²) in [6, 6.07) is 0.526. The number of nitrogens with one attached hydrogen (secondary N) is 2. The number of piperazine rings is 1. The van der Waals surface area contributed by atoms with Gasteiger partial charge in [0.2, 0.25) is 0 Å². The van der Waals surface area contributed by atoms with E-state index in [1.807, 2.05) is 0 Å². The van der Waals surface area contributed by atoms with Gasteiger partial charge in [-0.05, 0) is 45.7 Å². The third-order valence-electron chi connectivity index (χ3n) is 5.67. The largest absolute Gasteiger partial charge is 0.357 e. The molecule has 6 heteroatoms. The molecule has 1 aliphatic carbocycles. The first-order valence-corrected chi connectivity index (χ1v) is 9.99. The van der Waals surface area contributed by atoms with Crippen LogP contribution in [0.2, 0.25) is 0 Å². The van der Waals surface area contributed by atoms with Crippen LogP contribution in [-0.4, -0.2) is 75.2 Å². The van der Waals surface area contributed by atoms with Gasteiger partial charge in [-0.3, -0.25) is 9.89 Å². The van der Waals surface area contributed by atoms with Crippen LogP contribution in [0.15, 0.2) is 4.99 Å². The molecular weight excluding hydrogens is 425 g/mol. The molecule has 2 fully saturated rings. The van der Waals surface area contributed by atoms with Crippen LogP contribution in [-0.2, 0) is 0 Å². The minimum atomic E-state index is 0. The van der Waals surface area contributed by atoms with Gasteiger partial charge in [0.1, 0.15) is 0 Å². The topological polar surface area (TPSA) is 42.9 Å². The van der Waals surface area contributed by atoms with Gasteiger partial charge in [-0.25, -0.2) is 0 Å². The quantitative estimate of drug-likeness (QED) is 0.360. The van der Waals surface area contributed by atoms with E-state index in [0.29, 0.717) is 6.04 Å². The zero-order valence-corrected chi connectivity index (χ0v) is 19.1. The maximum Gasteiger partial charge on any atom is 0.191 e. The maximum atomic E-state index is 4.85. The molecule has 2 rings (SSSR count). The van der Waals surface area contributed by atoms with Crippen LogP contribution in [0.4, 0.5) is 0 Å². The molecule has 1 heterocycles. The Morgan fingerprint density at radius 1 is 1.16 bits per heavy atom. The molecule has 3 unspecified atom stereocenters. The van der Waals surface area contributed by atoms with Crippen LogP contribution >= 0.6 is 24.0 Å². The second-order valence-electron chi connectivity index (χ2n) is 7.97. The first-order chi connectivity index (χ1) is 11.6. The molecule has 0 bridgehead atoms. The lowest BCUT2D eigenvalue weighted by Gasteiger charge is -2.37. The second-order valence-corrected chi connectivity index (χ2v) is 7.97. The molecule has 0 spiro atoms. The highest BCUT2D eigenvalue weighted by Crippen LogP contribution is 2.30. The van der Waals surface area contributed by atoms with Gasteiger partial charge in [0, 0.05) is 38.8 Å². The molecule has 0 amide bonds. The van der Waals surface area contributed by atoms with Crippen molar-refractivity contribution < 1.29 is 0 Å². The van der Waals surface area contributed by atoms with Gasteiger partial charge < -0.3 is 15.5 Å². The fraction of sp³-hybridized carbons (Fsp3) is 0.947. The Kier molecular flexibility index (Phi) is 11.3. The number of halogens is 1. The van der Waals surface area contributed by atoms with E-state index in [9.17, 15) is 0 Å². The van der Waals surface area contributed by atoms with Crippen molar-refractivity contribution >= 4 is 29.9 Å². The smallest absolute Gasteiger partial charge is 0.191 e. The Morgan fingerprint density at radius 3 is 2.68 bits per heavy atom. The Morgan fingerprint density at radius 2 is 1.96 bits per heavy atom. The standard InChI is InChI=1S/C19H39N5.HI/c1-5-20-19(21-10-9-17-8-6-7-16(2)13-17)22-14-18-15-23(3)11-12-24(18)4;/h16-18H,5-15H2,1-4H3,(H2,20,21,22);1H. The van der Waals surface area contributed by atoms with Crippen molar-refractivity contribution in [1.29, 1.82) is 0 Å². The lowest BCUT2D eigenvalue weighted by Crippen LogP contribution is -2.51. The average molecular weight is 465 g/mol. The zero-order valence-electron chi connectivity index (χ0n) is 16.8. The third-order valence-corrected chi connectivity index (χ3v) is 5.67. The summed E-state index contributed by atoms with van der Waals surface area (Å²) in [5, 5.41) is 6.96. The Labute approximate surface area is 172 Å². The predicted octanol–water partition coefficient (Wildman–Crippen LogP) is 2.62. The predicted molar refractivity (Wildman–Crippen MR) is 119 cm³/mol. The summed E-state index contributed by atoms with van der Waals surface area (Å²) in [6.07, 6.45) is 6.95. The third kappa shape index (κ3) is 8.43. The highest BCUT2D eigenvalue weighted by atomic mass is 127. The highest BCUT2D eigenvalue weighted by molar-refractivity contribution is 14.0. The lowest BCUT2D eigenvalue weighted by atomic mass is 9.81. The van der Waals surface area contributed by atoms with Gasteiger partial charge in [-0.1, -0.05) is 26.2 Å². The van der Waals surface area contributed by atoms with E-state index >= 15 is 0 Å². The van der Waals surface area contributed by atoms with Crippen molar-refractivity contribution in [2.75, 3.05) is 53.4 Å². The SMILES string of the molecule is CCNC(=NCC1CN(C)CCN1C)NCCC1CCCC(C)C1.I. The van der Waals surface area contributed by atoms with Crippen molar-refractivity contribution in [3.63, 3.8) is 0 Å². The minimum Gasteiger partial charge on any atom is -0.357 e. The number of nitrogens with zero attached hydrogens (tertiary/aromatic N) is 3. The van der Waals surface area contributed by atoms with Crippen LogP contribution in [0.25, 0.3) is 0 Å². The van der Waals surface area contributed by atoms with Crippen molar-refractivity contribution in [2.24, 2.45) is 16.8 Å². The molecular formula is C19H40IN5. The van der Waals surface area contributed by atoms with E-state index in [1.165, 1.54) is 32.1 Å². The van der Waals surface area contributed by atoms with Gasteiger partial charge in [0.25, 0.3) is 0 Å². The van der Waals surface area contributed by atoms with Crippen LogP contribution in [0.1, 0.15) is 46.0 Å². The van der Waals surface area contributed by atoms with Crippen LogP contribution in [0, 0.1) is 11.8 Å². The van der Waals surface area contributed by atoms with Gasteiger partial charge in [0.15, 0.2) is 5.96 Å². The molecule has 0 aromatic rings. The summed E-state index contributed by atoms with van der Waals surface area (Å²) in [5.41, 5.74) is 0. The molecule has 0 aromatic heterocycles. The van der Waals surface area contributed by atoms with Crippen LogP contribution in [0.5, 0.6) is 0 Å². The van der Waals surface area contributed by atoms with E-state index in [2.05, 4.69) is 48.4 Å². The number of hydrogen-bond acceptors (Lipinski definition) is 3. The molecule has 3 atom stereocenters. The van der Waals surface area contributed by atoms with E-state index in [0.717, 1.165) is 57.1 Å². The second kappa shape index (κ2) is 12.3. The zero-order chi connectivity index (χ0) is 17.4. The molecule has 0 radical (unpaired) electrons. The molecule has 1 saturated carbocycles. The van der Waals surface area contributed by atoms with Gasteiger partial charge in [-0.15, -0.1) is 24.0 Å². The van der Waals surface area contributed by atoms with Crippen LogP contribution < -0.4 is 10.6 Å². The van der Waals surface area contributed by atoms with Crippen molar-refractivity contribution in [3.05, 3.63) is 0 Å². The summed E-state index contributed by atoms with van der Waals surface area (Å²) in [4.78, 5) is 9.69. The van der Waals surface area contributed by atoms with Gasteiger partial charge in [0.05, 0.1) is 6.54 Å². The summed E-state index contributed by atoms with van der Waals surface area (Å²) < 4.78 is 0. The molecule has 2 aliphatic rings. The van der Waals surface area contributed by atoms with E-state index < -0.39 is 0 Å². The van der Waals surface area contributed by atoms with Gasteiger partial charge in [-0.2, -0.15) is 0 Å². The van der Waals surface area contributed by atoms with Crippen molar-refractivity contribution in [3.8, 4) is 0 Å². The first kappa shape index (κ1) is 23.0. The summed E-state index contributed by atoms with van der Waals surface area (Å²) in [7, 11) is 4.43. The van der Waals surface area contributed by atoms with E-state index in [-0.39, 0.29) is 24.0 Å². The fourth-order valence-corrected chi connectivity index (χ4v) is 4.05. The lowest BCUT2D eigenvalue weighted by molar-refractivity contribution is 0.119. The van der Waals surface area contributed by atoms with Crippen molar-refractivity contribution in [1.82, 2.24) is 20.4 Å². The molecule has 2 N–H and O–H groups in total. The minimum absolute atomic E-state index is 0. The first-order valence-electron chi connectivity index (χ1n) is 9.99. The number of hydrogen-bond donors (Lipinski definition) is 2. The number of likely N-dealkylation sites (N-methyl/N-ethyl adjacent to an activating group) is 2. The summed E-state index contributed by atoms with van der Waals surface area (Å²) in [5.74, 6) is 2.81. The van der Waals surface area contributed by atoms with E-state index in [1.54, 1.807) is 0 Å². The number of aliphatic imine (C=N–C) groups is 1. The molecule has 1 saturated heterocycles. The van der Waals surface area contributed by atoms with Crippen LogP contribution in [0.3, 0.4) is 0 Å².